The third-order valence-electron chi connectivity index (χ3n) is 9.74. The quantitative estimate of drug-likeness (QED) is 0.129. The summed E-state index contributed by atoms with van der Waals surface area (Å²) in [6.07, 6.45) is 15.6. The number of hydrogen-bond donors (Lipinski definition) is 0. The van der Waals surface area contributed by atoms with E-state index >= 15 is 0 Å². The number of likely N-dealkylation sites (N-methyl/N-ethyl adjacent to an activating group) is 2. The number of esters is 4. The fourth-order valence-electron chi connectivity index (χ4n) is 7.32. The van der Waals surface area contributed by atoms with Crippen molar-refractivity contribution in [1.82, 2.24) is 9.80 Å². The van der Waals surface area contributed by atoms with E-state index in [2.05, 4.69) is 24.3 Å². The van der Waals surface area contributed by atoms with Crippen molar-refractivity contribution in [3.63, 3.8) is 0 Å². The van der Waals surface area contributed by atoms with Gasteiger partial charge in [0.1, 0.15) is 38.3 Å². The zero-order valence-corrected chi connectivity index (χ0v) is 26.9. The summed E-state index contributed by atoms with van der Waals surface area (Å²) in [5.41, 5.74) is 0. The molecule has 0 aromatic heterocycles. The Bertz CT molecular complexity index is 1090. The minimum absolute atomic E-state index is 0.0152. The summed E-state index contributed by atoms with van der Waals surface area (Å²) in [7, 11) is 7.62. The van der Waals surface area contributed by atoms with Crippen LogP contribution in [-0.2, 0) is 42.9 Å². The minimum Gasteiger partial charge on any atom is -0.464 e. The molecule has 2 heterocycles. The highest BCUT2D eigenvalue weighted by Crippen LogP contribution is 2.45. The molecule has 1 unspecified atom stereocenters. The Balaban J connectivity index is 0.000000178. The third kappa shape index (κ3) is 8.23. The van der Waals surface area contributed by atoms with Crippen LogP contribution in [0.2, 0.25) is 0 Å². The van der Waals surface area contributed by atoms with Crippen molar-refractivity contribution in [3.8, 4) is 0 Å². The molecule has 4 aliphatic carbocycles. The van der Waals surface area contributed by atoms with Gasteiger partial charge in [0.2, 0.25) is 0 Å². The van der Waals surface area contributed by atoms with E-state index in [9.17, 15) is 19.2 Å². The number of carbonyl (C=O) groups excluding carboxylic acids is 4. The summed E-state index contributed by atoms with van der Waals surface area (Å²) in [6.45, 7) is 2.23. The van der Waals surface area contributed by atoms with Gasteiger partial charge in [-0.05, 0) is 77.5 Å². The van der Waals surface area contributed by atoms with Gasteiger partial charge in [-0.15, -0.1) is 0 Å². The maximum absolute atomic E-state index is 12.3. The molecule has 10 atom stereocenters. The van der Waals surface area contributed by atoms with Gasteiger partial charge in [0.25, 0.3) is 0 Å². The highest BCUT2D eigenvalue weighted by molar-refractivity contribution is 5.85. The molecule has 3 fully saturated rings. The fraction of sp³-hybridized carbons (Fsp3) is 0.706. The third-order valence-corrected chi connectivity index (χ3v) is 9.74. The summed E-state index contributed by atoms with van der Waals surface area (Å²) >= 11 is 0. The normalized spacial score (nSPS) is 34.4. The van der Waals surface area contributed by atoms with Gasteiger partial charge in [-0.2, -0.15) is 0 Å². The molecule has 248 valence electrons. The molecule has 2 aliphatic heterocycles. The molecule has 6 bridgehead atoms. The van der Waals surface area contributed by atoms with Crippen LogP contribution in [0.3, 0.4) is 0 Å². The predicted octanol–water partition coefficient (Wildman–Crippen LogP) is 2.26. The van der Waals surface area contributed by atoms with E-state index in [0.717, 1.165) is 25.7 Å². The van der Waals surface area contributed by atoms with Crippen LogP contribution in [0, 0.1) is 47.3 Å². The Morgan fingerprint density at radius 3 is 1.29 bits per heavy atom. The van der Waals surface area contributed by atoms with Crippen molar-refractivity contribution < 1.29 is 42.9 Å². The van der Waals surface area contributed by atoms with E-state index < -0.39 is 36.0 Å². The molecule has 2 saturated carbocycles. The molecule has 6 aliphatic rings. The van der Waals surface area contributed by atoms with Crippen molar-refractivity contribution in [3.05, 3.63) is 36.5 Å². The first-order valence-electron chi connectivity index (χ1n) is 16.3. The SMILES string of the molecule is CN(C)CCOC(=O)[C@@H]1[C@H](C(=O)OCCN(C)C)[C@H]2C=C[C@@H]1O2.O=C(OCCOC(=O)[C@@H]1C[C@H]2C=C[C@@H]1C2)C1C[C@H]2C=C[C@@H]1C2. The van der Waals surface area contributed by atoms with E-state index in [0.29, 0.717) is 50.0 Å². The molecular weight excluding hydrogens is 580 g/mol. The second-order valence-electron chi connectivity index (χ2n) is 13.6. The lowest BCUT2D eigenvalue weighted by atomic mass is 9.83. The van der Waals surface area contributed by atoms with Crippen LogP contribution >= 0.6 is 0 Å². The Kier molecular flexibility index (Phi) is 11.1. The number of rotatable bonds is 13. The van der Waals surface area contributed by atoms with Gasteiger partial charge in [-0.25, -0.2) is 0 Å². The summed E-state index contributed by atoms with van der Waals surface area (Å²) in [6, 6.07) is 0. The molecule has 11 heteroatoms. The van der Waals surface area contributed by atoms with Gasteiger partial charge < -0.3 is 33.5 Å². The lowest BCUT2D eigenvalue weighted by molar-refractivity contribution is -0.160. The summed E-state index contributed by atoms with van der Waals surface area (Å²) in [5, 5.41) is 0. The monoisotopic (exact) mass is 628 g/mol. The zero-order chi connectivity index (χ0) is 32.1. The standard InChI is InChI=1S/C18H22O4.C16H26N2O5/c19-17(15-9-11-1-3-13(15)7-11)21-5-6-22-18(20)16-10-12-2-4-14(16)8-12;1-17(2)7-9-21-15(19)13-11-5-6-12(23-11)14(13)16(20)22-10-8-18(3)4/h1-4,11-16H,5-10H2;5-6,11-14H,7-10H2,1-4H3/t11-,12-,13+,14+,15+,16?;11-,12+,13-,14+/m0./s1. The lowest BCUT2D eigenvalue weighted by Gasteiger charge is -2.23. The van der Waals surface area contributed by atoms with E-state index in [1.807, 2.05) is 50.1 Å². The molecule has 0 spiro atoms. The maximum atomic E-state index is 12.3. The molecule has 0 aromatic carbocycles. The highest BCUT2D eigenvalue weighted by atomic mass is 16.6. The molecule has 45 heavy (non-hydrogen) atoms. The second-order valence-corrected chi connectivity index (χ2v) is 13.6. The van der Waals surface area contributed by atoms with Gasteiger partial charge >= 0.3 is 23.9 Å². The van der Waals surface area contributed by atoms with E-state index in [1.165, 1.54) is 0 Å². The van der Waals surface area contributed by atoms with E-state index in [-0.39, 0.29) is 37.0 Å². The molecule has 0 aromatic rings. The van der Waals surface area contributed by atoms with Gasteiger partial charge in [-0.1, -0.05) is 36.5 Å². The Hall–Kier alpha value is -3.02. The smallest absolute Gasteiger partial charge is 0.312 e. The van der Waals surface area contributed by atoms with Gasteiger partial charge in [0.05, 0.1) is 24.0 Å². The number of hydrogen-bond acceptors (Lipinski definition) is 11. The van der Waals surface area contributed by atoms with Gasteiger partial charge in [0.15, 0.2) is 0 Å². The fourth-order valence-corrected chi connectivity index (χ4v) is 7.32. The topological polar surface area (TPSA) is 121 Å². The molecule has 11 nitrogen and oxygen atoms in total. The minimum atomic E-state index is -0.612. The van der Waals surface area contributed by atoms with Gasteiger partial charge in [-0.3, -0.25) is 19.2 Å². The highest BCUT2D eigenvalue weighted by Gasteiger charge is 2.54. The molecule has 0 amide bonds. The van der Waals surface area contributed by atoms with Crippen molar-refractivity contribution in [2.45, 2.75) is 37.9 Å². The summed E-state index contributed by atoms with van der Waals surface area (Å²) < 4.78 is 26.8. The summed E-state index contributed by atoms with van der Waals surface area (Å²) in [4.78, 5) is 52.6. The molecule has 0 N–H and O–H groups in total. The van der Waals surface area contributed by atoms with Crippen molar-refractivity contribution >= 4 is 23.9 Å². The number of carbonyl (C=O) groups is 4. The average molecular weight is 629 g/mol. The maximum Gasteiger partial charge on any atom is 0.312 e. The average Bonchev–Trinajstić information content (AvgIpc) is 3.86. The number of fused-ring (bicyclic) bond motifs is 6. The van der Waals surface area contributed by atoms with Crippen molar-refractivity contribution in [2.75, 3.05) is 67.7 Å². The second kappa shape index (κ2) is 15.0. The van der Waals surface area contributed by atoms with Crippen molar-refractivity contribution in [1.29, 1.82) is 0 Å². The van der Waals surface area contributed by atoms with Crippen LogP contribution in [0.15, 0.2) is 36.5 Å². The van der Waals surface area contributed by atoms with Crippen molar-refractivity contribution in [2.24, 2.45) is 47.3 Å². The molecule has 0 radical (unpaired) electrons. The molecule has 1 saturated heterocycles. The van der Waals surface area contributed by atoms with Crippen LogP contribution in [0.5, 0.6) is 0 Å². The van der Waals surface area contributed by atoms with Crippen LogP contribution in [0.4, 0.5) is 0 Å². The van der Waals surface area contributed by atoms with Crippen LogP contribution < -0.4 is 0 Å². The zero-order valence-electron chi connectivity index (χ0n) is 26.9. The first-order chi connectivity index (χ1) is 21.6. The summed E-state index contributed by atoms with van der Waals surface area (Å²) in [5.74, 6) is -0.386. The predicted molar refractivity (Wildman–Crippen MR) is 163 cm³/mol. The van der Waals surface area contributed by atoms with E-state index in [1.54, 1.807) is 0 Å². The Labute approximate surface area is 265 Å². The molecular formula is C34H48N2O9. The van der Waals surface area contributed by atoms with Crippen LogP contribution in [0.25, 0.3) is 0 Å². The molecule has 6 rings (SSSR count). The largest absolute Gasteiger partial charge is 0.464 e. The number of allylic oxidation sites excluding steroid dienone is 4. The van der Waals surface area contributed by atoms with Gasteiger partial charge in [0, 0.05) is 13.1 Å². The van der Waals surface area contributed by atoms with Crippen LogP contribution in [-0.4, -0.2) is 114 Å². The Morgan fingerprint density at radius 2 is 0.956 bits per heavy atom. The van der Waals surface area contributed by atoms with E-state index in [4.69, 9.17) is 23.7 Å². The Morgan fingerprint density at radius 1 is 0.556 bits per heavy atom. The number of nitrogens with zero attached hydrogens (tertiary/aromatic N) is 2. The van der Waals surface area contributed by atoms with Crippen LogP contribution in [0.1, 0.15) is 25.7 Å². The first-order valence-corrected chi connectivity index (χ1v) is 16.3. The lowest BCUT2D eigenvalue weighted by Crippen LogP contribution is -2.39. The number of ether oxygens (including phenoxy) is 5. The first kappa shape index (κ1) is 33.3.